The van der Waals surface area contributed by atoms with E-state index in [4.69, 9.17) is 8.83 Å². The van der Waals surface area contributed by atoms with Gasteiger partial charge in [0.05, 0.1) is 5.56 Å². The number of likely N-dealkylation sites (tertiary alicyclic amines) is 1. The molecule has 6 rings (SSSR count). The second-order valence-electron chi connectivity index (χ2n) is 11.0. The molecule has 33 heavy (non-hydrogen) atoms. The van der Waals surface area contributed by atoms with Gasteiger partial charge in [-0.3, -0.25) is 4.90 Å². The van der Waals surface area contributed by atoms with Crippen molar-refractivity contribution in [1.82, 2.24) is 9.88 Å². The van der Waals surface area contributed by atoms with Crippen LogP contribution in [0.25, 0.3) is 33.5 Å². The highest BCUT2D eigenvalue weighted by Crippen LogP contribution is 2.53. The minimum Gasteiger partial charge on any atom is -0.507 e. The average Bonchev–Trinajstić information content (AvgIpc) is 3.27. The lowest BCUT2D eigenvalue weighted by Crippen LogP contribution is -2.34. The maximum Gasteiger partial charge on any atom is 0.349 e. The van der Waals surface area contributed by atoms with Gasteiger partial charge in [0.1, 0.15) is 22.4 Å². The van der Waals surface area contributed by atoms with E-state index in [1.807, 2.05) is 24.3 Å². The minimum atomic E-state index is -0.519. The van der Waals surface area contributed by atoms with Gasteiger partial charge in [-0.05, 0) is 60.4 Å². The van der Waals surface area contributed by atoms with E-state index < -0.39 is 5.63 Å². The normalized spacial score (nSPS) is 24.6. The summed E-state index contributed by atoms with van der Waals surface area (Å²) >= 11 is 0. The quantitative estimate of drug-likeness (QED) is 0.408. The van der Waals surface area contributed by atoms with Crippen LogP contribution in [0.2, 0.25) is 0 Å². The Balaban J connectivity index is 1.40. The summed E-state index contributed by atoms with van der Waals surface area (Å²) in [4.78, 5) is 19.9. The van der Waals surface area contributed by atoms with Crippen LogP contribution in [0.5, 0.6) is 5.75 Å². The molecule has 0 radical (unpaired) electrons. The van der Waals surface area contributed by atoms with Crippen molar-refractivity contribution in [1.29, 1.82) is 0 Å². The molecule has 6 heteroatoms. The number of fused-ring (bicyclic) bond motifs is 4. The van der Waals surface area contributed by atoms with Crippen LogP contribution in [0.15, 0.2) is 56.1 Å². The first-order valence-electron chi connectivity index (χ1n) is 11.6. The minimum absolute atomic E-state index is 0.158. The van der Waals surface area contributed by atoms with Gasteiger partial charge < -0.3 is 13.9 Å². The summed E-state index contributed by atoms with van der Waals surface area (Å²) in [5.74, 6) is 0.399. The predicted molar refractivity (Wildman–Crippen MR) is 127 cm³/mol. The monoisotopic (exact) mass is 444 g/mol. The molecule has 2 atom stereocenters. The van der Waals surface area contributed by atoms with Gasteiger partial charge in [-0.1, -0.05) is 32.9 Å². The number of benzene rings is 2. The van der Waals surface area contributed by atoms with Crippen LogP contribution in [0.4, 0.5) is 0 Å². The van der Waals surface area contributed by atoms with E-state index in [0.717, 1.165) is 18.4 Å². The molecule has 2 fully saturated rings. The Labute approximate surface area is 191 Å². The molecular weight excluding hydrogens is 416 g/mol. The summed E-state index contributed by atoms with van der Waals surface area (Å²) in [6, 6.07) is 13.1. The van der Waals surface area contributed by atoms with Crippen molar-refractivity contribution in [3.63, 3.8) is 0 Å². The number of nitrogens with zero attached hydrogens (tertiary/aromatic N) is 2. The first kappa shape index (κ1) is 20.5. The van der Waals surface area contributed by atoms with Gasteiger partial charge >= 0.3 is 5.63 Å². The van der Waals surface area contributed by atoms with Gasteiger partial charge in [-0.15, -0.1) is 0 Å². The summed E-state index contributed by atoms with van der Waals surface area (Å²) in [6.07, 6.45) is 3.52. The topological polar surface area (TPSA) is 79.7 Å². The largest absolute Gasteiger partial charge is 0.507 e. The molecule has 0 amide bonds. The van der Waals surface area contributed by atoms with E-state index in [1.54, 1.807) is 18.2 Å². The molecule has 2 bridgehead atoms. The first-order valence-corrected chi connectivity index (χ1v) is 11.6. The third-order valence-electron chi connectivity index (χ3n) is 7.39. The Bertz CT molecular complexity index is 1420. The molecule has 2 aliphatic rings. The second-order valence-corrected chi connectivity index (χ2v) is 11.0. The molecule has 0 spiro atoms. The highest BCUT2D eigenvalue weighted by atomic mass is 16.4. The van der Waals surface area contributed by atoms with Crippen molar-refractivity contribution in [3.05, 3.63) is 58.4 Å². The lowest BCUT2D eigenvalue weighted by Gasteiger charge is -2.40. The molecular formula is C27H28N2O4. The maximum absolute atomic E-state index is 13.0. The summed E-state index contributed by atoms with van der Waals surface area (Å²) in [5, 5.41) is 11.5. The number of para-hydroxylation sites is 2. The van der Waals surface area contributed by atoms with Gasteiger partial charge in [0, 0.05) is 24.5 Å². The molecule has 1 saturated heterocycles. The summed E-state index contributed by atoms with van der Waals surface area (Å²) in [6.45, 7) is 8.62. The first-order chi connectivity index (χ1) is 15.7. The molecule has 0 unspecified atom stereocenters. The highest BCUT2D eigenvalue weighted by Gasteiger charge is 2.49. The summed E-state index contributed by atoms with van der Waals surface area (Å²) in [5.41, 5.74) is 2.77. The number of aromatic hydroxyl groups is 1. The van der Waals surface area contributed by atoms with E-state index >= 15 is 0 Å². The van der Waals surface area contributed by atoms with Crippen LogP contribution < -0.4 is 5.63 Å². The molecule has 1 aliphatic heterocycles. The van der Waals surface area contributed by atoms with Crippen molar-refractivity contribution in [2.75, 3.05) is 6.54 Å². The van der Waals surface area contributed by atoms with Crippen molar-refractivity contribution < 1.29 is 13.9 Å². The Kier molecular flexibility index (Phi) is 4.31. The maximum atomic E-state index is 13.0. The Morgan fingerprint density at radius 1 is 1.12 bits per heavy atom. The molecule has 170 valence electrons. The third kappa shape index (κ3) is 3.44. The number of hydrogen-bond acceptors (Lipinski definition) is 6. The van der Waals surface area contributed by atoms with E-state index in [2.05, 4.69) is 30.7 Å². The molecule has 1 saturated carbocycles. The zero-order valence-corrected chi connectivity index (χ0v) is 19.2. The van der Waals surface area contributed by atoms with Gasteiger partial charge in [0.2, 0.25) is 5.89 Å². The number of phenols is 1. The zero-order valence-electron chi connectivity index (χ0n) is 19.2. The van der Waals surface area contributed by atoms with Gasteiger partial charge in [-0.25, -0.2) is 9.78 Å². The van der Waals surface area contributed by atoms with E-state index in [0.29, 0.717) is 40.2 Å². The smallest absolute Gasteiger partial charge is 0.349 e. The van der Waals surface area contributed by atoms with Crippen LogP contribution in [-0.2, 0) is 6.54 Å². The fourth-order valence-corrected chi connectivity index (χ4v) is 6.49. The van der Waals surface area contributed by atoms with Crippen molar-refractivity contribution >= 4 is 22.1 Å². The van der Waals surface area contributed by atoms with Crippen LogP contribution in [0.3, 0.4) is 0 Å². The Morgan fingerprint density at radius 2 is 1.94 bits per heavy atom. The van der Waals surface area contributed by atoms with Crippen molar-refractivity contribution in [2.45, 2.75) is 52.6 Å². The van der Waals surface area contributed by atoms with Crippen molar-refractivity contribution in [2.24, 2.45) is 10.8 Å². The van der Waals surface area contributed by atoms with Gasteiger partial charge in [0.25, 0.3) is 0 Å². The Hall–Kier alpha value is -3.12. The molecule has 6 nitrogen and oxygen atoms in total. The zero-order chi connectivity index (χ0) is 23.0. The van der Waals surface area contributed by atoms with E-state index in [1.165, 1.54) is 12.8 Å². The van der Waals surface area contributed by atoms with E-state index in [-0.39, 0.29) is 22.6 Å². The number of oxazole rings is 1. The fourth-order valence-electron chi connectivity index (χ4n) is 6.49. The lowest BCUT2D eigenvalue weighted by atomic mass is 9.65. The molecule has 3 heterocycles. The predicted octanol–water partition coefficient (Wildman–Crippen LogP) is 5.71. The van der Waals surface area contributed by atoms with Gasteiger partial charge in [0.15, 0.2) is 5.58 Å². The SMILES string of the molecule is CC1(C)C[C@H]2C[C@@](C)(CN2Cc2c(O)ccc3cc(-c4nc5ccccc5o4)c(=O)oc23)C1. The number of aromatic nitrogens is 1. The van der Waals surface area contributed by atoms with Crippen LogP contribution in [0, 0.1) is 10.8 Å². The van der Waals surface area contributed by atoms with Crippen LogP contribution >= 0.6 is 0 Å². The number of hydrogen-bond donors (Lipinski definition) is 1. The molecule has 2 aromatic heterocycles. The summed E-state index contributed by atoms with van der Waals surface area (Å²) in [7, 11) is 0. The Morgan fingerprint density at radius 3 is 2.76 bits per heavy atom. The molecule has 2 aromatic carbocycles. The molecule has 4 aromatic rings. The van der Waals surface area contributed by atoms with Crippen LogP contribution in [-0.4, -0.2) is 27.6 Å². The number of rotatable bonds is 3. The standard InChI is InChI=1S/C27H28N2O4/c1-26(2)11-17-12-27(3,14-26)15-29(17)13-19-21(30)9-8-16-10-18(25(31)33-23(16)19)24-28-20-6-4-5-7-22(20)32-24/h4-10,17,30H,11-15H2,1-3H3/t17-,27+/m0/s1. The second kappa shape index (κ2) is 6.94. The molecule has 1 N–H and O–H groups in total. The average molecular weight is 445 g/mol. The highest BCUT2D eigenvalue weighted by molar-refractivity contribution is 5.85. The third-order valence-corrected chi connectivity index (χ3v) is 7.39. The van der Waals surface area contributed by atoms with Gasteiger partial charge in [-0.2, -0.15) is 0 Å². The lowest BCUT2D eigenvalue weighted by molar-refractivity contribution is 0.126. The fraction of sp³-hybridized carbons (Fsp3) is 0.407. The van der Waals surface area contributed by atoms with Crippen LogP contribution in [0.1, 0.15) is 45.6 Å². The number of phenolic OH excluding ortho intramolecular Hbond substituents is 1. The molecule has 1 aliphatic carbocycles. The summed E-state index contributed by atoms with van der Waals surface area (Å²) < 4.78 is 11.6. The van der Waals surface area contributed by atoms with E-state index in [9.17, 15) is 9.90 Å². The van der Waals surface area contributed by atoms with Crippen molar-refractivity contribution in [3.8, 4) is 17.2 Å².